The summed E-state index contributed by atoms with van der Waals surface area (Å²) in [6.07, 6.45) is 5.95. The largest absolute Gasteiger partial charge is 0.310 e. The Labute approximate surface area is 305 Å². The molecule has 0 heterocycles. The molecule has 1 aliphatic carbocycles. The molecule has 0 saturated carbocycles. The summed E-state index contributed by atoms with van der Waals surface area (Å²) in [7, 11) is 0. The molecule has 7 aromatic rings. The first-order chi connectivity index (χ1) is 25.3. The highest BCUT2D eigenvalue weighted by Crippen LogP contribution is 2.41. The molecule has 1 N–H and O–H groups in total. The van der Waals surface area contributed by atoms with Crippen LogP contribution in [0.25, 0.3) is 21.5 Å². The van der Waals surface area contributed by atoms with E-state index in [0.717, 1.165) is 39.8 Å². The Kier molecular flexibility index (Phi) is 8.58. The zero-order chi connectivity index (χ0) is 35.8. The molecule has 0 spiro atoms. The van der Waals surface area contributed by atoms with Crippen molar-refractivity contribution in [3.63, 3.8) is 0 Å². The molecule has 0 radical (unpaired) electrons. The number of nitrogens with zero attached hydrogens (tertiary/aromatic N) is 3. The molecule has 7 aromatic carbocycles. The van der Waals surface area contributed by atoms with Crippen LogP contribution in [0.4, 0.5) is 34.1 Å². The molecule has 4 nitrogen and oxygen atoms in total. The highest BCUT2D eigenvalue weighted by atomic mass is 15.2. The molecule has 252 valence electrons. The lowest BCUT2D eigenvalue weighted by atomic mass is 10.0. The second-order valence-corrected chi connectivity index (χ2v) is 13.6. The van der Waals surface area contributed by atoms with E-state index < -0.39 is 0 Å². The third-order valence-corrected chi connectivity index (χ3v) is 9.90. The number of hydrogen-bond acceptors (Lipinski definition) is 4. The molecule has 0 aliphatic heterocycles. The maximum atomic E-state index is 9.13. The Morgan fingerprint density at radius 3 is 1.38 bits per heavy atom. The van der Waals surface area contributed by atoms with E-state index in [1.807, 2.05) is 24.3 Å². The van der Waals surface area contributed by atoms with E-state index in [-0.39, 0.29) is 0 Å². The van der Waals surface area contributed by atoms with Gasteiger partial charge in [-0.2, -0.15) is 0 Å². The molecule has 52 heavy (non-hydrogen) atoms. The molecule has 0 saturated heterocycles. The fraction of sp³-hybridized carbons (Fsp3) is 0.0833. The first-order valence-corrected chi connectivity index (χ1v) is 17.7. The van der Waals surface area contributed by atoms with Crippen LogP contribution in [0.1, 0.15) is 22.3 Å². The number of anilines is 5. The van der Waals surface area contributed by atoms with Crippen LogP contribution in [0, 0.1) is 33.1 Å². The number of hydrogen-bond donors (Lipinski definition) is 1. The SMILES string of the molecule is Cc1ccc(N(C2=CC(=N)C(=Nc3ccc(N(c4ccc(C)cc4)c4ccc(C)c5ccccc45)cc3)C=C2)c2ccc(C)c3ccccc23)cc1. The van der Waals surface area contributed by atoms with Gasteiger partial charge in [0.05, 0.1) is 28.5 Å². The third kappa shape index (κ3) is 6.20. The van der Waals surface area contributed by atoms with E-state index in [1.165, 1.54) is 43.8 Å². The summed E-state index contributed by atoms with van der Waals surface area (Å²) in [5.41, 5.74) is 13.0. The summed E-state index contributed by atoms with van der Waals surface area (Å²) in [5.74, 6) is 0. The van der Waals surface area contributed by atoms with Crippen LogP contribution in [-0.2, 0) is 0 Å². The Morgan fingerprint density at radius 1 is 0.442 bits per heavy atom. The van der Waals surface area contributed by atoms with Crippen molar-refractivity contribution in [1.29, 1.82) is 5.41 Å². The smallest absolute Gasteiger partial charge is 0.0887 e. The predicted octanol–water partition coefficient (Wildman–Crippen LogP) is 13.1. The van der Waals surface area contributed by atoms with E-state index in [4.69, 9.17) is 10.4 Å². The zero-order valence-electron chi connectivity index (χ0n) is 29.9. The van der Waals surface area contributed by atoms with Crippen molar-refractivity contribution in [3.8, 4) is 0 Å². The van der Waals surface area contributed by atoms with Crippen LogP contribution in [0.5, 0.6) is 0 Å². The summed E-state index contributed by atoms with van der Waals surface area (Å²) in [5, 5.41) is 14.0. The molecule has 1 aliphatic rings. The fourth-order valence-electron chi connectivity index (χ4n) is 7.08. The maximum Gasteiger partial charge on any atom is 0.0887 e. The average molecular weight is 673 g/mol. The number of aryl methyl sites for hydroxylation is 4. The quantitative estimate of drug-likeness (QED) is 0.171. The van der Waals surface area contributed by atoms with Gasteiger partial charge in [-0.3, -0.25) is 5.41 Å². The summed E-state index contributed by atoms with van der Waals surface area (Å²) in [6.45, 7) is 8.53. The summed E-state index contributed by atoms with van der Waals surface area (Å²) in [4.78, 5) is 9.51. The molecule has 0 aromatic heterocycles. The zero-order valence-corrected chi connectivity index (χ0v) is 29.9. The summed E-state index contributed by atoms with van der Waals surface area (Å²) in [6, 6.07) is 51.4. The van der Waals surface area contributed by atoms with Crippen LogP contribution in [0.2, 0.25) is 0 Å². The van der Waals surface area contributed by atoms with Gasteiger partial charge >= 0.3 is 0 Å². The number of nitrogens with one attached hydrogen (secondary N) is 1. The Balaban J connectivity index is 1.14. The van der Waals surface area contributed by atoms with Crippen molar-refractivity contribution in [2.24, 2.45) is 4.99 Å². The van der Waals surface area contributed by atoms with E-state index in [1.54, 1.807) is 0 Å². The normalized spacial score (nSPS) is 13.5. The number of allylic oxidation sites excluding steroid dienone is 3. The predicted molar refractivity (Wildman–Crippen MR) is 222 cm³/mol. The number of benzene rings is 7. The Hall–Kier alpha value is -6.52. The second-order valence-electron chi connectivity index (χ2n) is 13.6. The van der Waals surface area contributed by atoms with Gasteiger partial charge in [-0.15, -0.1) is 0 Å². The molecule has 8 rings (SSSR count). The molecule has 4 heteroatoms. The Bertz CT molecular complexity index is 2560. The van der Waals surface area contributed by atoms with Gasteiger partial charge in [-0.05, 0) is 128 Å². The van der Waals surface area contributed by atoms with Crippen molar-refractivity contribution in [3.05, 3.63) is 192 Å². The van der Waals surface area contributed by atoms with Crippen molar-refractivity contribution in [2.45, 2.75) is 27.7 Å². The van der Waals surface area contributed by atoms with Crippen LogP contribution in [0.15, 0.2) is 175 Å². The topological polar surface area (TPSA) is 42.7 Å². The van der Waals surface area contributed by atoms with Gasteiger partial charge in [0.15, 0.2) is 0 Å². The molecule has 0 unspecified atom stereocenters. The van der Waals surface area contributed by atoms with E-state index in [0.29, 0.717) is 11.4 Å². The lowest BCUT2D eigenvalue weighted by molar-refractivity contribution is 1.21. The standard InChI is InChI=1S/C48H40N4/c1-32-13-21-37(22-14-32)51(47-29-17-34(3)41-9-5-7-11-43(41)47)39-25-19-36(20-26-39)50-46-28-27-40(31-45(46)49)52(38-23-15-33(2)16-24-38)48-30-18-35(4)42-10-6-8-12-44(42)48/h5-31,49H,1-4H3. The third-order valence-electron chi connectivity index (χ3n) is 9.90. The van der Waals surface area contributed by atoms with Crippen molar-refractivity contribution in [1.82, 2.24) is 0 Å². The molecular formula is C48H40N4. The maximum absolute atomic E-state index is 9.13. The minimum atomic E-state index is 0.363. The van der Waals surface area contributed by atoms with Crippen LogP contribution >= 0.6 is 0 Å². The van der Waals surface area contributed by atoms with Gasteiger partial charge in [0.1, 0.15) is 0 Å². The van der Waals surface area contributed by atoms with Gasteiger partial charge in [-0.1, -0.05) is 96.1 Å². The van der Waals surface area contributed by atoms with Gasteiger partial charge in [0.2, 0.25) is 0 Å². The van der Waals surface area contributed by atoms with E-state index in [2.05, 4.69) is 177 Å². The highest BCUT2D eigenvalue weighted by molar-refractivity contribution is 6.50. The Morgan fingerprint density at radius 2 is 0.885 bits per heavy atom. The molecule has 0 amide bonds. The highest BCUT2D eigenvalue weighted by Gasteiger charge is 2.21. The minimum absolute atomic E-state index is 0.363. The van der Waals surface area contributed by atoms with Gasteiger partial charge in [-0.25, -0.2) is 4.99 Å². The van der Waals surface area contributed by atoms with Crippen molar-refractivity contribution in [2.75, 3.05) is 9.80 Å². The lowest BCUT2D eigenvalue weighted by Gasteiger charge is -2.29. The fourth-order valence-corrected chi connectivity index (χ4v) is 7.08. The summed E-state index contributed by atoms with van der Waals surface area (Å²) >= 11 is 0. The molecule has 0 fully saturated rings. The summed E-state index contributed by atoms with van der Waals surface area (Å²) < 4.78 is 0. The lowest BCUT2D eigenvalue weighted by Crippen LogP contribution is -2.21. The van der Waals surface area contributed by atoms with Crippen molar-refractivity contribution < 1.29 is 0 Å². The van der Waals surface area contributed by atoms with E-state index >= 15 is 0 Å². The van der Waals surface area contributed by atoms with Crippen LogP contribution in [0.3, 0.4) is 0 Å². The van der Waals surface area contributed by atoms with Crippen LogP contribution < -0.4 is 9.80 Å². The van der Waals surface area contributed by atoms with Crippen LogP contribution in [-0.4, -0.2) is 11.4 Å². The van der Waals surface area contributed by atoms with Gasteiger partial charge < -0.3 is 9.80 Å². The average Bonchev–Trinajstić information content (AvgIpc) is 3.17. The first kappa shape index (κ1) is 32.7. The van der Waals surface area contributed by atoms with Gasteiger partial charge in [0, 0.05) is 33.5 Å². The second kappa shape index (κ2) is 13.7. The molecule has 0 atom stereocenters. The molecular weight excluding hydrogens is 633 g/mol. The minimum Gasteiger partial charge on any atom is -0.310 e. The first-order valence-electron chi connectivity index (χ1n) is 17.7. The number of fused-ring (bicyclic) bond motifs is 2. The van der Waals surface area contributed by atoms with Crippen molar-refractivity contribution >= 4 is 67.1 Å². The van der Waals surface area contributed by atoms with E-state index in [9.17, 15) is 0 Å². The number of aliphatic imine (C=N–C) groups is 1. The monoisotopic (exact) mass is 672 g/mol. The van der Waals surface area contributed by atoms with Gasteiger partial charge in [0.25, 0.3) is 0 Å². The number of rotatable bonds is 7. The molecule has 0 bridgehead atoms.